The highest BCUT2D eigenvalue weighted by Crippen LogP contribution is 2.20. The summed E-state index contributed by atoms with van der Waals surface area (Å²) < 4.78 is 2.47. The largest absolute Gasteiger partial charge is 0.353 e. The first-order valence-corrected chi connectivity index (χ1v) is 16.1. The lowest BCUT2D eigenvalue weighted by Crippen LogP contribution is -2.21. The highest BCUT2D eigenvalue weighted by atomic mass is 16.1. The number of fused-ring (bicyclic) bond motifs is 1. The second-order valence-corrected chi connectivity index (χ2v) is 11.1. The van der Waals surface area contributed by atoms with E-state index in [1.165, 1.54) is 114 Å². The summed E-state index contributed by atoms with van der Waals surface area (Å²) in [7, 11) is 0. The van der Waals surface area contributed by atoms with E-state index in [4.69, 9.17) is 4.98 Å². The summed E-state index contributed by atoms with van der Waals surface area (Å²) >= 11 is 0. The Balaban J connectivity index is 1.54. The number of aromatic nitrogens is 2. The monoisotopic (exact) mass is 523 g/mol. The Hall–Kier alpha value is -2.10. The SMILES string of the molecule is C/C=C/C(=O)NCCCCCc1nc2ccccc2n1CCCCCCCCCCCCCCCCCC. The van der Waals surface area contributed by atoms with E-state index in [0.717, 1.165) is 44.3 Å². The smallest absolute Gasteiger partial charge is 0.243 e. The lowest BCUT2D eigenvalue weighted by atomic mass is 10.0. The van der Waals surface area contributed by atoms with E-state index in [9.17, 15) is 4.79 Å². The predicted octanol–water partition coefficient (Wildman–Crippen LogP) is 9.70. The minimum atomic E-state index is 0.00750. The van der Waals surface area contributed by atoms with Crippen LogP contribution in [-0.2, 0) is 17.8 Å². The number of imidazole rings is 1. The Labute approximate surface area is 234 Å². The third-order valence-corrected chi connectivity index (χ3v) is 7.66. The van der Waals surface area contributed by atoms with Crippen molar-refractivity contribution >= 4 is 16.9 Å². The van der Waals surface area contributed by atoms with Crippen molar-refractivity contribution in [1.29, 1.82) is 0 Å². The molecule has 0 atom stereocenters. The van der Waals surface area contributed by atoms with Crippen LogP contribution >= 0.6 is 0 Å². The molecule has 4 heteroatoms. The van der Waals surface area contributed by atoms with E-state index in [1.54, 1.807) is 12.2 Å². The fourth-order valence-electron chi connectivity index (χ4n) is 5.39. The zero-order valence-corrected chi connectivity index (χ0v) is 24.8. The summed E-state index contributed by atoms with van der Waals surface area (Å²) in [5.74, 6) is 1.23. The van der Waals surface area contributed by atoms with Crippen LogP contribution < -0.4 is 5.32 Å². The average Bonchev–Trinajstić information content (AvgIpc) is 3.27. The Morgan fingerprint density at radius 1 is 0.763 bits per heavy atom. The van der Waals surface area contributed by atoms with Crippen LogP contribution in [0.5, 0.6) is 0 Å². The molecule has 0 fully saturated rings. The summed E-state index contributed by atoms with van der Waals surface area (Å²) in [5, 5.41) is 2.94. The number of unbranched alkanes of at least 4 members (excludes halogenated alkanes) is 17. The van der Waals surface area contributed by atoms with Crippen molar-refractivity contribution in [2.45, 2.75) is 149 Å². The summed E-state index contributed by atoms with van der Waals surface area (Å²) in [6.07, 6.45) is 30.1. The number of nitrogens with one attached hydrogen (secondary N) is 1. The van der Waals surface area contributed by atoms with Crippen molar-refractivity contribution in [2.75, 3.05) is 6.54 Å². The molecule has 4 nitrogen and oxygen atoms in total. The fraction of sp³-hybridized carbons (Fsp3) is 0.706. The zero-order valence-electron chi connectivity index (χ0n) is 24.8. The molecule has 1 aromatic carbocycles. The van der Waals surface area contributed by atoms with Gasteiger partial charge in [0.05, 0.1) is 11.0 Å². The lowest BCUT2D eigenvalue weighted by Gasteiger charge is -2.10. The van der Waals surface area contributed by atoms with E-state index in [-0.39, 0.29) is 5.91 Å². The van der Waals surface area contributed by atoms with Crippen LogP contribution in [0.2, 0.25) is 0 Å². The summed E-state index contributed by atoms with van der Waals surface area (Å²) in [4.78, 5) is 16.5. The van der Waals surface area contributed by atoms with Gasteiger partial charge < -0.3 is 9.88 Å². The maximum absolute atomic E-state index is 11.5. The molecule has 0 unspecified atom stereocenters. The maximum Gasteiger partial charge on any atom is 0.243 e. The van der Waals surface area contributed by atoms with Crippen molar-refractivity contribution in [2.24, 2.45) is 0 Å². The molecule has 0 bridgehead atoms. The van der Waals surface area contributed by atoms with Crippen LogP contribution in [0.1, 0.15) is 142 Å². The highest BCUT2D eigenvalue weighted by molar-refractivity contribution is 5.87. The molecule has 0 aliphatic rings. The van der Waals surface area contributed by atoms with E-state index in [2.05, 4.69) is 41.1 Å². The average molecular weight is 524 g/mol. The van der Waals surface area contributed by atoms with Crippen LogP contribution in [0.25, 0.3) is 11.0 Å². The van der Waals surface area contributed by atoms with Gasteiger partial charge in [-0.1, -0.05) is 128 Å². The Morgan fingerprint density at radius 3 is 1.92 bits per heavy atom. The number of rotatable bonds is 24. The number of para-hydroxylation sites is 2. The number of carbonyl (C=O) groups excluding carboxylic acids is 1. The van der Waals surface area contributed by atoms with Gasteiger partial charge in [-0.3, -0.25) is 4.79 Å². The molecule has 2 rings (SSSR count). The molecule has 2 aromatic rings. The summed E-state index contributed by atoms with van der Waals surface area (Å²) in [5.41, 5.74) is 2.40. The molecule has 1 amide bonds. The Morgan fingerprint density at radius 2 is 1.32 bits per heavy atom. The first kappa shape index (κ1) is 32.1. The molecule has 0 saturated heterocycles. The van der Waals surface area contributed by atoms with Gasteiger partial charge in [-0.05, 0) is 44.4 Å². The molecule has 38 heavy (non-hydrogen) atoms. The third kappa shape index (κ3) is 14.2. The number of nitrogens with zero attached hydrogens (tertiary/aromatic N) is 2. The highest BCUT2D eigenvalue weighted by Gasteiger charge is 2.10. The first-order valence-electron chi connectivity index (χ1n) is 16.1. The molecular weight excluding hydrogens is 466 g/mol. The number of allylic oxidation sites excluding steroid dienone is 1. The molecule has 214 valence electrons. The molecule has 1 heterocycles. The van der Waals surface area contributed by atoms with Gasteiger partial charge in [0.2, 0.25) is 5.91 Å². The summed E-state index contributed by atoms with van der Waals surface area (Å²) in [6, 6.07) is 8.58. The van der Waals surface area contributed by atoms with Crippen LogP contribution in [0.15, 0.2) is 36.4 Å². The second kappa shape index (κ2) is 21.8. The van der Waals surface area contributed by atoms with Crippen LogP contribution in [0.4, 0.5) is 0 Å². The van der Waals surface area contributed by atoms with Gasteiger partial charge >= 0.3 is 0 Å². The van der Waals surface area contributed by atoms with Gasteiger partial charge in [0.1, 0.15) is 5.82 Å². The molecule has 0 aliphatic carbocycles. The number of benzene rings is 1. The van der Waals surface area contributed by atoms with Gasteiger partial charge in [-0.25, -0.2) is 4.98 Å². The van der Waals surface area contributed by atoms with Gasteiger partial charge in [-0.15, -0.1) is 0 Å². The molecule has 0 aliphatic heterocycles. The molecule has 1 N–H and O–H groups in total. The topological polar surface area (TPSA) is 46.9 Å². The molecular formula is C34H57N3O. The van der Waals surface area contributed by atoms with Gasteiger partial charge in [-0.2, -0.15) is 0 Å². The molecule has 0 radical (unpaired) electrons. The number of amides is 1. The Kier molecular flexibility index (Phi) is 18.4. The standard InChI is InChI=1S/C34H57N3O/c1-3-5-6-7-8-9-10-11-12-13-14-15-16-17-18-24-30-37-32-27-22-21-26-31(32)36-33(37)28-20-19-23-29-35-34(38)25-4-2/h4,21-22,25-27H,3,5-20,23-24,28-30H2,1-2H3,(H,35,38)/b25-4+. The van der Waals surface area contributed by atoms with Crippen molar-refractivity contribution in [3.63, 3.8) is 0 Å². The van der Waals surface area contributed by atoms with Gasteiger partial charge in [0.25, 0.3) is 0 Å². The summed E-state index contributed by atoms with van der Waals surface area (Å²) in [6.45, 7) is 5.99. The quantitative estimate of drug-likeness (QED) is 0.110. The van der Waals surface area contributed by atoms with Crippen LogP contribution in [0, 0.1) is 0 Å². The molecule has 0 saturated carbocycles. The number of carbonyl (C=O) groups is 1. The molecule has 1 aromatic heterocycles. The number of aryl methyl sites for hydroxylation is 2. The number of hydrogen-bond donors (Lipinski definition) is 1. The third-order valence-electron chi connectivity index (χ3n) is 7.66. The minimum absolute atomic E-state index is 0.00750. The normalized spacial score (nSPS) is 11.6. The fourth-order valence-corrected chi connectivity index (χ4v) is 5.39. The van der Waals surface area contributed by atoms with Crippen molar-refractivity contribution in [3.05, 3.63) is 42.2 Å². The van der Waals surface area contributed by atoms with Crippen molar-refractivity contribution in [1.82, 2.24) is 14.9 Å². The zero-order chi connectivity index (χ0) is 27.1. The van der Waals surface area contributed by atoms with E-state index >= 15 is 0 Å². The van der Waals surface area contributed by atoms with Crippen molar-refractivity contribution in [3.8, 4) is 0 Å². The van der Waals surface area contributed by atoms with Gasteiger partial charge in [0, 0.05) is 19.5 Å². The lowest BCUT2D eigenvalue weighted by molar-refractivity contribution is -0.116. The van der Waals surface area contributed by atoms with E-state index in [0.29, 0.717) is 0 Å². The first-order chi connectivity index (χ1) is 18.8. The minimum Gasteiger partial charge on any atom is -0.353 e. The predicted molar refractivity (Wildman–Crippen MR) is 165 cm³/mol. The van der Waals surface area contributed by atoms with E-state index in [1.807, 2.05) is 6.92 Å². The van der Waals surface area contributed by atoms with Crippen LogP contribution in [0.3, 0.4) is 0 Å². The maximum atomic E-state index is 11.5. The second-order valence-electron chi connectivity index (χ2n) is 11.1. The molecule has 0 spiro atoms. The number of hydrogen-bond acceptors (Lipinski definition) is 2. The van der Waals surface area contributed by atoms with Gasteiger partial charge in [0.15, 0.2) is 0 Å². The Bertz CT molecular complexity index is 885. The van der Waals surface area contributed by atoms with E-state index < -0.39 is 0 Å². The van der Waals surface area contributed by atoms with Crippen LogP contribution in [-0.4, -0.2) is 22.0 Å². The van der Waals surface area contributed by atoms with Crippen molar-refractivity contribution < 1.29 is 4.79 Å².